The van der Waals surface area contributed by atoms with E-state index in [1.54, 1.807) is 43.9 Å². The van der Waals surface area contributed by atoms with Crippen LogP contribution in [0.15, 0.2) is 66.7 Å². The van der Waals surface area contributed by atoms with Gasteiger partial charge in [-0.25, -0.2) is 4.79 Å². The fourth-order valence-electron chi connectivity index (χ4n) is 4.76. The summed E-state index contributed by atoms with van der Waals surface area (Å²) in [7, 11) is 0. The SMILES string of the molecule is CCC(C)C(NC(=O)OC(C)(C)C)C(=O)N(C1CC1)C(C(=O)Nc1ccc2ccccc2c1)c1ccccc1O. The van der Waals surface area contributed by atoms with Crippen molar-refractivity contribution in [3.63, 3.8) is 0 Å². The Balaban J connectivity index is 1.71. The molecule has 3 N–H and O–H groups in total. The molecule has 0 spiro atoms. The van der Waals surface area contributed by atoms with Crippen molar-refractivity contribution in [2.45, 2.75) is 77.6 Å². The summed E-state index contributed by atoms with van der Waals surface area (Å²) in [6.07, 6.45) is 1.37. The van der Waals surface area contributed by atoms with Gasteiger partial charge in [0.05, 0.1) is 0 Å². The Bertz CT molecular complexity index is 1380. The van der Waals surface area contributed by atoms with Gasteiger partial charge in [-0.1, -0.05) is 68.8 Å². The van der Waals surface area contributed by atoms with Crippen LogP contribution in [0, 0.1) is 5.92 Å². The number of phenolic OH excluding ortho intramolecular Hbond substituents is 1. The summed E-state index contributed by atoms with van der Waals surface area (Å²) in [5.41, 5.74) is 0.167. The molecular formula is C32H39N3O5. The lowest BCUT2D eigenvalue weighted by Gasteiger charge is -2.36. The van der Waals surface area contributed by atoms with E-state index < -0.39 is 29.7 Å². The van der Waals surface area contributed by atoms with Crippen LogP contribution in [0.1, 0.15) is 65.5 Å². The summed E-state index contributed by atoms with van der Waals surface area (Å²) < 4.78 is 5.45. The second-order valence-electron chi connectivity index (χ2n) is 11.5. The number of phenols is 1. The molecule has 212 valence electrons. The van der Waals surface area contributed by atoms with E-state index in [-0.39, 0.29) is 23.6 Å². The highest BCUT2D eigenvalue weighted by Gasteiger charge is 2.45. The Hall–Kier alpha value is -4.07. The Labute approximate surface area is 235 Å². The van der Waals surface area contributed by atoms with Crippen LogP contribution in [0.4, 0.5) is 10.5 Å². The van der Waals surface area contributed by atoms with E-state index in [4.69, 9.17) is 4.74 Å². The van der Waals surface area contributed by atoms with Crippen LogP contribution >= 0.6 is 0 Å². The molecule has 0 aromatic heterocycles. The fourth-order valence-corrected chi connectivity index (χ4v) is 4.76. The number of hydrogen-bond donors (Lipinski definition) is 3. The minimum absolute atomic E-state index is 0.0835. The van der Waals surface area contributed by atoms with Gasteiger partial charge in [0.1, 0.15) is 23.4 Å². The molecule has 0 heterocycles. The molecule has 0 radical (unpaired) electrons. The number of nitrogens with zero attached hydrogens (tertiary/aromatic N) is 1. The van der Waals surface area contributed by atoms with E-state index >= 15 is 0 Å². The number of fused-ring (bicyclic) bond motifs is 1. The highest BCUT2D eigenvalue weighted by Crippen LogP contribution is 2.39. The number of ether oxygens (including phenoxy) is 1. The maximum Gasteiger partial charge on any atom is 0.408 e. The zero-order chi connectivity index (χ0) is 29.0. The van der Waals surface area contributed by atoms with Gasteiger partial charge in [0.2, 0.25) is 5.91 Å². The molecule has 3 atom stereocenters. The molecule has 8 heteroatoms. The predicted molar refractivity (Wildman–Crippen MR) is 156 cm³/mol. The normalized spacial score (nSPS) is 15.5. The Morgan fingerprint density at radius 3 is 2.27 bits per heavy atom. The van der Waals surface area contributed by atoms with Crippen molar-refractivity contribution < 1.29 is 24.2 Å². The van der Waals surface area contributed by atoms with Gasteiger partial charge in [0.15, 0.2) is 0 Å². The molecule has 1 aliphatic carbocycles. The molecule has 3 aromatic carbocycles. The van der Waals surface area contributed by atoms with Gasteiger partial charge in [0.25, 0.3) is 5.91 Å². The Morgan fingerprint density at radius 1 is 1.00 bits per heavy atom. The lowest BCUT2D eigenvalue weighted by molar-refractivity contribution is -0.142. The van der Waals surface area contributed by atoms with E-state index in [9.17, 15) is 19.5 Å². The molecule has 3 amide bonds. The maximum atomic E-state index is 14.3. The smallest absolute Gasteiger partial charge is 0.408 e. The number of carbonyl (C=O) groups excluding carboxylic acids is 3. The fraction of sp³-hybridized carbons (Fsp3) is 0.406. The molecule has 8 nitrogen and oxygen atoms in total. The number of rotatable bonds is 9. The number of aromatic hydroxyl groups is 1. The number of hydrogen-bond acceptors (Lipinski definition) is 5. The molecule has 1 aliphatic rings. The lowest BCUT2D eigenvalue weighted by Crippen LogP contribution is -2.55. The van der Waals surface area contributed by atoms with Crippen LogP contribution in [0.25, 0.3) is 10.8 Å². The molecule has 0 bridgehead atoms. The van der Waals surface area contributed by atoms with Crippen molar-refractivity contribution >= 4 is 34.4 Å². The van der Waals surface area contributed by atoms with Crippen LogP contribution in [0.2, 0.25) is 0 Å². The van der Waals surface area contributed by atoms with E-state index in [1.807, 2.05) is 56.3 Å². The summed E-state index contributed by atoms with van der Waals surface area (Å²) in [5, 5.41) is 18.6. The number of alkyl carbamates (subject to hydrolysis) is 1. The average Bonchev–Trinajstić information content (AvgIpc) is 3.74. The van der Waals surface area contributed by atoms with E-state index in [1.165, 1.54) is 6.07 Å². The third-order valence-corrected chi connectivity index (χ3v) is 7.12. The predicted octanol–water partition coefficient (Wildman–Crippen LogP) is 6.16. The van der Waals surface area contributed by atoms with Crippen LogP contribution in [-0.4, -0.2) is 45.6 Å². The highest BCUT2D eigenvalue weighted by molar-refractivity contribution is 6.01. The standard InChI is InChI=1S/C32H39N3O5/c1-6-20(2)27(34-31(39)40-32(3,4)5)30(38)35(24-17-18-24)28(25-13-9-10-14-26(25)36)29(37)33-23-16-15-21-11-7-8-12-22(21)19-23/h7-16,19-20,24,27-28,36H,6,17-18H2,1-5H3,(H,33,37)(H,34,39). The second-order valence-corrected chi connectivity index (χ2v) is 11.5. The van der Waals surface area contributed by atoms with E-state index in [0.29, 0.717) is 17.7 Å². The summed E-state index contributed by atoms with van der Waals surface area (Å²) in [4.78, 5) is 42.6. The maximum absolute atomic E-state index is 14.3. The Kier molecular flexibility index (Phi) is 8.67. The number of nitrogens with one attached hydrogen (secondary N) is 2. The molecule has 4 rings (SSSR count). The summed E-state index contributed by atoms with van der Waals surface area (Å²) >= 11 is 0. The molecule has 3 unspecified atom stereocenters. The zero-order valence-electron chi connectivity index (χ0n) is 23.8. The van der Waals surface area contributed by atoms with Gasteiger partial charge in [0, 0.05) is 17.3 Å². The summed E-state index contributed by atoms with van der Waals surface area (Å²) in [6.45, 7) is 9.10. The molecule has 1 fully saturated rings. The van der Waals surface area contributed by atoms with Gasteiger partial charge >= 0.3 is 6.09 Å². The first-order valence-corrected chi connectivity index (χ1v) is 13.9. The van der Waals surface area contributed by atoms with E-state index in [2.05, 4.69) is 10.6 Å². The monoisotopic (exact) mass is 545 g/mol. The number of carbonyl (C=O) groups is 3. The first-order chi connectivity index (χ1) is 19.0. The van der Waals surface area contributed by atoms with Crippen molar-refractivity contribution in [2.75, 3.05) is 5.32 Å². The number of para-hydroxylation sites is 1. The molecule has 1 saturated carbocycles. The first-order valence-electron chi connectivity index (χ1n) is 13.9. The third-order valence-electron chi connectivity index (χ3n) is 7.12. The lowest BCUT2D eigenvalue weighted by atomic mass is 9.95. The van der Waals surface area contributed by atoms with Crippen molar-refractivity contribution in [2.24, 2.45) is 5.92 Å². The number of benzene rings is 3. The minimum atomic E-state index is -1.11. The van der Waals surface area contributed by atoms with Gasteiger partial charge < -0.3 is 25.4 Å². The number of anilines is 1. The van der Waals surface area contributed by atoms with Gasteiger partial charge in [-0.2, -0.15) is 0 Å². The van der Waals surface area contributed by atoms with Gasteiger partial charge in [-0.3, -0.25) is 9.59 Å². The largest absolute Gasteiger partial charge is 0.508 e. The first kappa shape index (κ1) is 28.9. The average molecular weight is 546 g/mol. The molecule has 3 aromatic rings. The van der Waals surface area contributed by atoms with Crippen LogP contribution in [0.3, 0.4) is 0 Å². The van der Waals surface area contributed by atoms with Gasteiger partial charge in [-0.05, 0) is 68.5 Å². The van der Waals surface area contributed by atoms with Crippen molar-refractivity contribution in [3.8, 4) is 5.75 Å². The molecule has 40 heavy (non-hydrogen) atoms. The molecule has 0 aliphatic heterocycles. The van der Waals surface area contributed by atoms with Crippen LogP contribution in [-0.2, 0) is 14.3 Å². The molecular weight excluding hydrogens is 506 g/mol. The van der Waals surface area contributed by atoms with Crippen LogP contribution < -0.4 is 10.6 Å². The minimum Gasteiger partial charge on any atom is -0.508 e. The van der Waals surface area contributed by atoms with Crippen LogP contribution in [0.5, 0.6) is 5.75 Å². The topological polar surface area (TPSA) is 108 Å². The summed E-state index contributed by atoms with van der Waals surface area (Å²) in [6, 6.07) is 17.8. The quantitative estimate of drug-likeness (QED) is 0.299. The van der Waals surface area contributed by atoms with Crippen molar-refractivity contribution in [1.82, 2.24) is 10.2 Å². The van der Waals surface area contributed by atoms with Crippen molar-refractivity contribution in [3.05, 3.63) is 72.3 Å². The Morgan fingerprint density at radius 2 is 1.65 bits per heavy atom. The van der Waals surface area contributed by atoms with Crippen molar-refractivity contribution in [1.29, 1.82) is 0 Å². The third kappa shape index (κ3) is 6.92. The van der Waals surface area contributed by atoms with Gasteiger partial charge in [-0.15, -0.1) is 0 Å². The van der Waals surface area contributed by atoms with E-state index in [0.717, 1.165) is 23.6 Å². The second kappa shape index (κ2) is 12.0. The zero-order valence-corrected chi connectivity index (χ0v) is 23.8. The molecule has 0 saturated heterocycles. The summed E-state index contributed by atoms with van der Waals surface area (Å²) in [5.74, 6) is -1.14. The highest BCUT2D eigenvalue weighted by atomic mass is 16.6. The number of amides is 3.